The molecular weight excluding hydrogens is 300 g/mol. The zero-order valence-corrected chi connectivity index (χ0v) is 13.8. The van der Waals surface area contributed by atoms with Crippen molar-refractivity contribution in [3.05, 3.63) is 0 Å². The Labute approximate surface area is 122 Å². The van der Waals surface area contributed by atoms with Crippen molar-refractivity contribution in [3.8, 4) is 0 Å². The Morgan fingerprint density at radius 1 is 1.10 bits per heavy atom. The van der Waals surface area contributed by atoms with E-state index in [-0.39, 0.29) is 23.8 Å². The molecule has 1 N–H and O–H groups in total. The third kappa shape index (κ3) is 6.51. The van der Waals surface area contributed by atoms with Gasteiger partial charge < -0.3 is 5.32 Å². The Kier molecular flexibility index (Phi) is 7.42. The van der Waals surface area contributed by atoms with Crippen molar-refractivity contribution < 1.29 is 16.8 Å². The summed E-state index contributed by atoms with van der Waals surface area (Å²) in [6.07, 6.45) is 2.91. The maximum Gasteiger partial charge on any atom is 0.214 e. The van der Waals surface area contributed by atoms with Gasteiger partial charge in [0, 0.05) is 13.1 Å². The van der Waals surface area contributed by atoms with Crippen LogP contribution in [0.1, 0.15) is 32.6 Å². The summed E-state index contributed by atoms with van der Waals surface area (Å²) in [5.41, 5.74) is 0. The second-order valence-electron chi connectivity index (χ2n) is 5.18. The van der Waals surface area contributed by atoms with Gasteiger partial charge in [-0.25, -0.2) is 21.1 Å². The third-order valence-electron chi connectivity index (χ3n) is 3.34. The minimum Gasteiger partial charge on any atom is -0.317 e. The van der Waals surface area contributed by atoms with Crippen LogP contribution in [0.2, 0.25) is 0 Å². The summed E-state index contributed by atoms with van der Waals surface area (Å²) < 4.78 is 48.6. The minimum atomic E-state index is -3.31. The quantitative estimate of drug-likeness (QED) is 0.645. The van der Waals surface area contributed by atoms with E-state index in [0.29, 0.717) is 19.4 Å². The van der Waals surface area contributed by atoms with Crippen LogP contribution in [0, 0.1) is 0 Å². The highest BCUT2D eigenvalue weighted by Gasteiger charge is 2.26. The van der Waals surface area contributed by atoms with Crippen molar-refractivity contribution in [2.45, 2.75) is 32.6 Å². The summed E-state index contributed by atoms with van der Waals surface area (Å²) in [4.78, 5) is 0. The Bertz CT molecular complexity index is 474. The van der Waals surface area contributed by atoms with Crippen molar-refractivity contribution in [1.82, 2.24) is 9.62 Å². The van der Waals surface area contributed by atoms with Crippen molar-refractivity contribution in [1.29, 1.82) is 0 Å². The number of hydrogen-bond acceptors (Lipinski definition) is 5. The maximum absolute atomic E-state index is 12.1. The molecule has 1 aliphatic heterocycles. The SMILES string of the molecule is CCCNCCCCS(=O)(=O)N1CCCS(=O)(=O)CC1. The van der Waals surface area contributed by atoms with Gasteiger partial charge in [-0.15, -0.1) is 0 Å². The van der Waals surface area contributed by atoms with Gasteiger partial charge in [0.25, 0.3) is 0 Å². The van der Waals surface area contributed by atoms with Gasteiger partial charge in [-0.1, -0.05) is 6.92 Å². The highest BCUT2D eigenvalue weighted by Crippen LogP contribution is 2.11. The Hall–Kier alpha value is -0.180. The molecule has 1 aliphatic rings. The average molecular weight is 326 g/mol. The molecule has 20 heavy (non-hydrogen) atoms. The molecule has 1 heterocycles. The Morgan fingerprint density at radius 2 is 1.85 bits per heavy atom. The molecule has 0 aromatic carbocycles. The normalized spacial score (nSPS) is 20.6. The second kappa shape index (κ2) is 8.31. The van der Waals surface area contributed by atoms with E-state index in [2.05, 4.69) is 12.2 Å². The molecule has 0 aliphatic carbocycles. The van der Waals surface area contributed by atoms with Crippen LogP contribution in [0.5, 0.6) is 0 Å². The second-order valence-corrected chi connectivity index (χ2v) is 9.57. The predicted octanol–water partition coefficient (Wildman–Crippen LogP) is 0.217. The highest BCUT2D eigenvalue weighted by atomic mass is 32.2. The van der Waals surface area contributed by atoms with Crippen LogP contribution in [0.25, 0.3) is 0 Å². The molecule has 0 radical (unpaired) electrons. The molecule has 0 spiro atoms. The zero-order chi connectivity index (χ0) is 15.1. The molecule has 6 nitrogen and oxygen atoms in total. The fourth-order valence-electron chi connectivity index (χ4n) is 2.16. The van der Waals surface area contributed by atoms with Gasteiger partial charge in [0.05, 0.1) is 17.3 Å². The van der Waals surface area contributed by atoms with E-state index in [9.17, 15) is 16.8 Å². The fourth-order valence-corrected chi connectivity index (χ4v) is 5.15. The summed E-state index contributed by atoms with van der Waals surface area (Å²) >= 11 is 0. The van der Waals surface area contributed by atoms with Crippen LogP contribution in [-0.4, -0.2) is 64.6 Å². The van der Waals surface area contributed by atoms with Gasteiger partial charge in [-0.05, 0) is 38.8 Å². The van der Waals surface area contributed by atoms with Gasteiger partial charge in [-0.3, -0.25) is 0 Å². The molecule has 1 saturated heterocycles. The van der Waals surface area contributed by atoms with Gasteiger partial charge in [0.2, 0.25) is 10.0 Å². The number of sulfonamides is 1. The van der Waals surface area contributed by atoms with Crippen LogP contribution in [0.3, 0.4) is 0 Å². The van der Waals surface area contributed by atoms with Gasteiger partial charge >= 0.3 is 0 Å². The van der Waals surface area contributed by atoms with Crippen LogP contribution < -0.4 is 5.32 Å². The summed E-state index contributed by atoms with van der Waals surface area (Å²) in [5, 5.41) is 3.23. The summed E-state index contributed by atoms with van der Waals surface area (Å²) in [7, 11) is -6.37. The number of nitrogens with zero attached hydrogens (tertiary/aromatic N) is 1. The Morgan fingerprint density at radius 3 is 2.55 bits per heavy atom. The lowest BCUT2D eigenvalue weighted by Crippen LogP contribution is -2.35. The smallest absolute Gasteiger partial charge is 0.214 e. The standard InChI is InChI=1S/C12H26N2O4S2/c1-2-6-13-7-3-4-11-20(17,18)14-8-5-10-19(15,16)12-9-14/h13H,2-12H2,1H3. The summed E-state index contributed by atoms with van der Waals surface area (Å²) in [6.45, 7) is 4.31. The molecule has 0 amide bonds. The van der Waals surface area contributed by atoms with E-state index in [1.54, 1.807) is 0 Å². The van der Waals surface area contributed by atoms with Gasteiger partial charge in [-0.2, -0.15) is 0 Å². The monoisotopic (exact) mass is 326 g/mol. The van der Waals surface area contributed by atoms with Crippen molar-refractivity contribution in [2.75, 3.05) is 43.4 Å². The van der Waals surface area contributed by atoms with Crippen molar-refractivity contribution >= 4 is 19.9 Å². The topological polar surface area (TPSA) is 83.6 Å². The first-order valence-corrected chi connectivity index (χ1v) is 10.7. The average Bonchev–Trinajstić information content (AvgIpc) is 2.55. The summed E-state index contributed by atoms with van der Waals surface area (Å²) in [6, 6.07) is 0. The molecule has 0 unspecified atom stereocenters. The van der Waals surface area contributed by atoms with Crippen molar-refractivity contribution in [2.24, 2.45) is 0 Å². The number of sulfone groups is 1. The largest absolute Gasteiger partial charge is 0.317 e. The molecule has 120 valence electrons. The third-order valence-corrected chi connectivity index (χ3v) is 7.01. The molecule has 0 saturated carbocycles. The van der Waals surface area contributed by atoms with E-state index in [4.69, 9.17) is 0 Å². The zero-order valence-electron chi connectivity index (χ0n) is 12.2. The Balaban J connectivity index is 2.36. The molecule has 0 aromatic rings. The van der Waals surface area contributed by atoms with Crippen molar-refractivity contribution in [3.63, 3.8) is 0 Å². The first kappa shape index (κ1) is 17.9. The molecule has 0 aromatic heterocycles. The lowest BCUT2D eigenvalue weighted by atomic mass is 10.3. The van der Waals surface area contributed by atoms with E-state index >= 15 is 0 Å². The van der Waals surface area contributed by atoms with E-state index < -0.39 is 19.9 Å². The molecule has 1 rings (SSSR count). The van der Waals surface area contributed by atoms with E-state index in [1.165, 1.54) is 4.31 Å². The first-order valence-electron chi connectivity index (χ1n) is 7.26. The lowest BCUT2D eigenvalue weighted by molar-refractivity contribution is 0.433. The fraction of sp³-hybridized carbons (Fsp3) is 1.00. The lowest BCUT2D eigenvalue weighted by Gasteiger charge is -2.19. The number of rotatable bonds is 8. The molecular formula is C12H26N2O4S2. The van der Waals surface area contributed by atoms with Crippen LogP contribution in [0.4, 0.5) is 0 Å². The van der Waals surface area contributed by atoms with Gasteiger partial charge in [0.1, 0.15) is 0 Å². The first-order chi connectivity index (χ1) is 9.37. The molecule has 0 atom stereocenters. The van der Waals surface area contributed by atoms with Crippen LogP contribution in [0.15, 0.2) is 0 Å². The molecule has 1 fully saturated rings. The molecule has 0 bridgehead atoms. The number of nitrogens with one attached hydrogen (secondary N) is 1. The van der Waals surface area contributed by atoms with E-state index in [0.717, 1.165) is 25.9 Å². The molecule has 8 heteroatoms. The van der Waals surface area contributed by atoms with E-state index in [1.807, 2.05) is 0 Å². The maximum atomic E-state index is 12.1. The van der Waals surface area contributed by atoms with Gasteiger partial charge in [0.15, 0.2) is 9.84 Å². The minimum absolute atomic E-state index is 0.0513. The van der Waals surface area contributed by atoms with Crippen LogP contribution in [-0.2, 0) is 19.9 Å². The predicted molar refractivity (Wildman–Crippen MR) is 81.0 cm³/mol. The number of hydrogen-bond donors (Lipinski definition) is 1. The van der Waals surface area contributed by atoms with Crippen LogP contribution >= 0.6 is 0 Å². The summed E-state index contributed by atoms with van der Waals surface area (Å²) in [5.74, 6) is 0.158. The number of unbranched alkanes of at least 4 members (excludes halogenated alkanes) is 1. The highest BCUT2D eigenvalue weighted by molar-refractivity contribution is 7.91.